The van der Waals surface area contributed by atoms with Crippen LogP contribution in [0.3, 0.4) is 0 Å². The van der Waals surface area contributed by atoms with Gasteiger partial charge in [-0.25, -0.2) is 0 Å². The van der Waals surface area contributed by atoms with Crippen LogP contribution >= 0.6 is 35.0 Å². The molecule has 1 fully saturated rings. The summed E-state index contributed by atoms with van der Waals surface area (Å²) in [7, 11) is 0. The van der Waals surface area contributed by atoms with Crippen molar-refractivity contribution in [2.24, 2.45) is 0 Å². The molecule has 0 aliphatic carbocycles. The zero-order chi connectivity index (χ0) is 15.7. The number of hydrogen-bond donors (Lipinski definition) is 1. The van der Waals surface area contributed by atoms with E-state index in [1.54, 1.807) is 30.5 Å². The molecule has 7 heteroatoms. The molecular weight excluding hydrogens is 343 g/mol. The highest BCUT2D eigenvalue weighted by Gasteiger charge is 2.35. The number of carbonyl (C=O) groups excluding carboxylic acids is 2. The van der Waals surface area contributed by atoms with Crippen molar-refractivity contribution in [1.29, 1.82) is 0 Å². The minimum absolute atomic E-state index is 0.0608. The Balaban J connectivity index is 1.86. The lowest BCUT2D eigenvalue weighted by Crippen LogP contribution is -2.27. The Kier molecular flexibility index (Phi) is 4.29. The van der Waals surface area contributed by atoms with E-state index < -0.39 is 0 Å². The van der Waals surface area contributed by atoms with Gasteiger partial charge in [0.1, 0.15) is 0 Å². The Morgan fingerprint density at radius 3 is 2.50 bits per heavy atom. The van der Waals surface area contributed by atoms with Gasteiger partial charge in [0, 0.05) is 27.5 Å². The van der Waals surface area contributed by atoms with Crippen LogP contribution in [0.1, 0.15) is 11.3 Å². The second-order valence-corrected chi connectivity index (χ2v) is 6.40. The summed E-state index contributed by atoms with van der Waals surface area (Å²) in [6, 6.07) is 8.71. The van der Waals surface area contributed by atoms with E-state index in [-0.39, 0.29) is 17.7 Å². The summed E-state index contributed by atoms with van der Waals surface area (Å²) in [4.78, 5) is 29.0. The Hall–Kier alpha value is -1.69. The van der Waals surface area contributed by atoms with Gasteiger partial charge in [0.2, 0.25) is 0 Å². The first-order valence-corrected chi connectivity index (χ1v) is 7.95. The lowest BCUT2D eigenvalue weighted by molar-refractivity contribution is -0.123. The third kappa shape index (κ3) is 2.92. The van der Waals surface area contributed by atoms with E-state index >= 15 is 0 Å². The summed E-state index contributed by atoms with van der Waals surface area (Å²) in [5.41, 5.74) is 1.33. The van der Waals surface area contributed by atoms with E-state index in [9.17, 15) is 9.59 Å². The molecule has 0 spiro atoms. The van der Waals surface area contributed by atoms with Gasteiger partial charge in [-0.3, -0.25) is 14.5 Å². The van der Waals surface area contributed by atoms with Crippen LogP contribution in [0.25, 0.3) is 6.08 Å². The highest BCUT2D eigenvalue weighted by Crippen LogP contribution is 2.35. The van der Waals surface area contributed by atoms with E-state index in [0.29, 0.717) is 20.5 Å². The molecule has 0 atom stereocenters. The molecule has 1 aliphatic heterocycles. The minimum Gasteiger partial charge on any atom is -0.362 e. The van der Waals surface area contributed by atoms with Crippen LogP contribution in [0.2, 0.25) is 10.0 Å². The summed E-state index contributed by atoms with van der Waals surface area (Å²) in [6.45, 7) is 0.0608. The molecule has 1 aromatic carbocycles. The van der Waals surface area contributed by atoms with Gasteiger partial charge in [0.05, 0.1) is 11.4 Å². The Morgan fingerprint density at radius 2 is 1.86 bits per heavy atom. The zero-order valence-electron chi connectivity index (χ0n) is 11.2. The number of amides is 2. The molecule has 3 rings (SSSR count). The Labute approximate surface area is 141 Å². The smallest absolute Gasteiger partial charge is 0.293 e. The number of nitrogens with zero attached hydrogens (tertiary/aromatic N) is 1. The highest BCUT2D eigenvalue weighted by molar-refractivity contribution is 8.18. The molecule has 112 valence electrons. The SMILES string of the molecule is O=C1S/C(=C/c2ccc[nH]2)C(=O)N1Cc1c(Cl)cccc1Cl. The van der Waals surface area contributed by atoms with Gasteiger partial charge in [0.25, 0.3) is 11.1 Å². The molecule has 1 saturated heterocycles. The van der Waals surface area contributed by atoms with Crippen molar-refractivity contribution >= 4 is 52.2 Å². The predicted octanol–water partition coefficient (Wildman–Crippen LogP) is 4.56. The second kappa shape index (κ2) is 6.20. The molecule has 2 amide bonds. The maximum Gasteiger partial charge on any atom is 0.293 e. The molecule has 1 aromatic heterocycles. The van der Waals surface area contributed by atoms with E-state index in [2.05, 4.69) is 4.98 Å². The predicted molar refractivity (Wildman–Crippen MR) is 88.8 cm³/mol. The summed E-state index contributed by atoms with van der Waals surface area (Å²) < 4.78 is 0. The Bertz CT molecular complexity index is 752. The summed E-state index contributed by atoms with van der Waals surface area (Å²) in [5.74, 6) is -0.347. The van der Waals surface area contributed by atoms with E-state index in [1.165, 1.54) is 0 Å². The molecule has 0 bridgehead atoms. The maximum absolute atomic E-state index is 12.4. The Morgan fingerprint density at radius 1 is 1.14 bits per heavy atom. The number of aromatic amines is 1. The molecular formula is C15H10Cl2N2O2S. The first-order valence-electron chi connectivity index (χ1n) is 6.38. The maximum atomic E-state index is 12.4. The van der Waals surface area contributed by atoms with Gasteiger partial charge in [-0.1, -0.05) is 29.3 Å². The molecule has 4 nitrogen and oxygen atoms in total. The van der Waals surface area contributed by atoms with Crippen LogP contribution in [0.4, 0.5) is 4.79 Å². The lowest BCUT2D eigenvalue weighted by atomic mass is 10.2. The van der Waals surface area contributed by atoms with Crippen LogP contribution in [-0.2, 0) is 11.3 Å². The van der Waals surface area contributed by atoms with E-state index in [1.807, 2.05) is 12.1 Å². The first kappa shape index (κ1) is 15.2. The molecule has 0 radical (unpaired) electrons. The van der Waals surface area contributed by atoms with Crippen molar-refractivity contribution in [2.75, 3.05) is 0 Å². The van der Waals surface area contributed by atoms with Crippen molar-refractivity contribution in [2.45, 2.75) is 6.54 Å². The van der Waals surface area contributed by atoms with Gasteiger partial charge in [-0.05, 0) is 42.1 Å². The largest absolute Gasteiger partial charge is 0.362 e. The summed E-state index contributed by atoms with van der Waals surface area (Å²) in [6.07, 6.45) is 3.40. The number of aromatic nitrogens is 1. The van der Waals surface area contributed by atoms with Gasteiger partial charge in [0.15, 0.2) is 0 Å². The lowest BCUT2D eigenvalue weighted by Gasteiger charge is -2.14. The zero-order valence-corrected chi connectivity index (χ0v) is 13.5. The van der Waals surface area contributed by atoms with Crippen molar-refractivity contribution < 1.29 is 9.59 Å². The molecule has 0 unspecified atom stereocenters. The minimum atomic E-state index is -0.347. The number of H-pyrrole nitrogens is 1. The van der Waals surface area contributed by atoms with Gasteiger partial charge in [-0.15, -0.1) is 0 Å². The fourth-order valence-electron chi connectivity index (χ4n) is 2.05. The van der Waals surface area contributed by atoms with Crippen LogP contribution in [-0.4, -0.2) is 21.0 Å². The normalized spacial score (nSPS) is 16.8. The van der Waals surface area contributed by atoms with Crippen LogP contribution in [0.5, 0.6) is 0 Å². The topological polar surface area (TPSA) is 53.2 Å². The molecule has 0 saturated carbocycles. The fraction of sp³-hybridized carbons (Fsp3) is 0.0667. The number of nitrogens with one attached hydrogen (secondary N) is 1. The number of rotatable bonds is 3. The van der Waals surface area contributed by atoms with Gasteiger partial charge in [-0.2, -0.15) is 0 Å². The molecule has 1 aliphatic rings. The molecule has 1 N–H and O–H groups in total. The third-order valence-electron chi connectivity index (χ3n) is 3.16. The number of carbonyl (C=O) groups is 2. The quantitative estimate of drug-likeness (QED) is 0.823. The van der Waals surface area contributed by atoms with Crippen molar-refractivity contribution in [3.63, 3.8) is 0 Å². The molecule has 22 heavy (non-hydrogen) atoms. The van der Waals surface area contributed by atoms with Crippen LogP contribution in [0.15, 0.2) is 41.4 Å². The van der Waals surface area contributed by atoms with Gasteiger partial charge >= 0.3 is 0 Å². The molecule has 2 aromatic rings. The first-order chi connectivity index (χ1) is 10.6. The molecule has 2 heterocycles. The van der Waals surface area contributed by atoms with Crippen molar-refractivity contribution in [3.8, 4) is 0 Å². The standard InChI is InChI=1S/C15H10Cl2N2O2S/c16-11-4-1-5-12(17)10(11)8-19-14(20)13(22-15(19)21)7-9-3-2-6-18-9/h1-7,18H,8H2/b13-7+. The third-order valence-corrected chi connectivity index (χ3v) is 4.78. The second-order valence-electron chi connectivity index (χ2n) is 4.59. The van der Waals surface area contributed by atoms with Crippen molar-refractivity contribution in [1.82, 2.24) is 9.88 Å². The highest BCUT2D eigenvalue weighted by atomic mass is 35.5. The average Bonchev–Trinajstić information content (AvgIpc) is 3.06. The van der Waals surface area contributed by atoms with Crippen LogP contribution < -0.4 is 0 Å². The summed E-state index contributed by atoms with van der Waals surface area (Å²) in [5, 5.41) is 0.526. The monoisotopic (exact) mass is 352 g/mol. The average molecular weight is 353 g/mol. The number of benzene rings is 1. The number of hydrogen-bond acceptors (Lipinski definition) is 3. The fourth-order valence-corrected chi connectivity index (χ4v) is 3.40. The number of imide groups is 1. The van der Waals surface area contributed by atoms with Crippen molar-refractivity contribution in [3.05, 3.63) is 62.7 Å². The van der Waals surface area contributed by atoms with Gasteiger partial charge < -0.3 is 4.98 Å². The number of thioether (sulfide) groups is 1. The van der Waals surface area contributed by atoms with Crippen LogP contribution in [0, 0.1) is 0 Å². The van der Waals surface area contributed by atoms with E-state index in [4.69, 9.17) is 23.2 Å². The number of halogens is 2. The summed E-state index contributed by atoms with van der Waals surface area (Å²) >= 11 is 13.1. The van der Waals surface area contributed by atoms with E-state index in [0.717, 1.165) is 22.4 Å².